The predicted molar refractivity (Wildman–Crippen MR) is 98.4 cm³/mol. The van der Waals surface area contributed by atoms with Crippen molar-refractivity contribution in [1.29, 1.82) is 0 Å². The predicted octanol–water partition coefficient (Wildman–Crippen LogP) is 4.27. The topological polar surface area (TPSA) is 62.3 Å². The number of carbonyl (C=O) groups excluding carboxylic acids is 2. The van der Waals surface area contributed by atoms with Gasteiger partial charge in [-0.15, -0.1) is 0 Å². The number of pyridine rings is 1. The minimum absolute atomic E-state index is 0.0769. The van der Waals surface area contributed by atoms with E-state index in [1.54, 1.807) is 24.3 Å². The summed E-state index contributed by atoms with van der Waals surface area (Å²) in [6.45, 7) is 1.50. The Morgan fingerprint density at radius 1 is 1.04 bits per heavy atom. The minimum Gasteiger partial charge on any atom is -0.339 e. The summed E-state index contributed by atoms with van der Waals surface area (Å²) in [5.74, 6) is -0.546. The fraction of sp³-hybridized carbons (Fsp3) is 0.278. The van der Waals surface area contributed by atoms with Gasteiger partial charge in [0.15, 0.2) is 0 Å². The quantitative estimate of drug-likeness (QED) is 0.868. The molecule has 1 N–H and O–H groups in total. The van der Waals surface area contributed by atoms with E-state index < -0.39 is 5.91 Å². The molecule has 0 saturated carbocycles. The van der Waals surface area contributed by atoms with E-state index in [1.165, 1.54) is 12.3 Å². The molecule has 1 aliphatic rings. The monoisotopic (exact) mass is 377 g/mol. The van der Waals surface area contributed by atoms with Gasteiger partial charge in [-0.25, -0.2) is 0 Å². The molecule has 5 nitrogen and oxygen atoms in total. The first-order valence-electron chi connectivity index (χ1n) is 8.07. The molecule has 0 radical (unpaired) electrons. The molecule has 130 valence electrons. The van der Waals surface area contributed by atoms with Crippen LogP contribution >= 0.6 is 23.2 Å². The Bertz CT molecular complexity index is 784. The second-order valence-corrected chi connectivity index (χ2v) is 6.65. The Balaban J connectivity index is 1.78. The highest BCUT2D eigenvalue weighted by molar-refractivity contribution is 6.40. The summed E-state index contributed by atoms with van der Waals surface area (Å²) in [5.41, 5.74) is 0.913. The zero-order valence-electron chi connectivity index (χ0n) is 13.5. The molecule has 1 aromatic heterocycles. The molecule has 0 atom stereocenters. The highest BCUT2D eigenvalue weighted by Gasteiger charge is 2.20. The molecule has 2 heterocycles. The third-order valence-corrected chi connectivity index (χ3v) is 4.71. The van der Waals surface area contributed by atoms with Gasteiger partial charge in [0.1, 0.15) is 5.69 Å². The van der Waals surface area contributed by atoms with Crippen molar-refractivity contribution in [2.75, 3.05) is 18.4 Å². The summed E-state index contributed by atoms with van der Waals surface area (Å²) in [6.07, 6.45) is 4.62. The molecule has 7 heteroatoms. The van der Waals surface area contributed by atoms with Gasteiger partial charge < -0.3 is 10.2 Å². The summed E-state index contributed by atoms with van der Waals surface area (Å²) in [6, 6.07) is 8.07. The van der Waals surface area contributed by atoms with Crippen molar-refractivity contribution in [3.8, 4) is 0 Å². The molecular formula is C18H17Cl2N3O2. The Morgan fingerprint density at radius 2 is 1.72 bits per heavy atom. The summed E-state index contributed by atoms with van der Waals surface area (Å²) >= 11 is 12.1. The van der Waals surface area contributed by atoms with Crippen molar-refractivity contribution in [3.63, 3.8) is 0 Å². The van der Waals surface area contributed by atoms with Gasteiger partial charge in [0.2, 0.25) is 0 Å². The third kappa shape index (κ3) is 4.11. The number of anilines is 1. The summed E-state index contributed by atoms with van der Waals surface area (Å²) in [4.78, 5) is 30.9. The van der Waals surface area contributed by atoms with Crippen molar-refractivity contribution >= 4 is 40.7 Å². The number of carbonyl (C=O) groups is 2. The summed E-state index contributed by atoms with van der Waals surface area (Å²) in [5, 5.41) is 3.32. The van der Waals surface area contributed by atoms with Crippen LogP contribution in [0.3, 0.4) is 0 Å². The Hall–Kier alpha value is -2.11. The number of para-hydroxylation sites is 1. The van der Waals surface area contributed by atoms with Gasteiger partial charge in [-0.05, 0) is 43.5 Å². The lowest BCUT2D eigenvalue weighted by Gasteiger charge is -2.26. The normalized spacial score (nSPS) is 14.2. The molecule has 25 heavy (non-hydrogen) atoms. The zero-order chi connectivity index (χ0) is 17.8. The molecule has 1 fully saturated rings. The lowest BCUT2D eigenvalue weighted by Crippen LogP contribution is -2.35. The Morgan fingerprint density at radius 3 is 2.40 bits per heavy atom. The first kappa shape index (κ1) is 17.7. The van der Waals surface area contributed by atoms with Crippen LogP contribution in [0, 0.1) is 0 Å². The number of amides is 2. The number of aromatic nitrogens is 1. The Kier molecular flexibility index (Phi) is 5.56. The Labute approximate surface area is 155 Å². The van der Waals surface area contributed by atoms with Gasteiger partial charge in [0, 0.05) is 24.8 Å². The van der Waals surface area contributed by atoms with E-state index in [0.29, 0.717) is 21.3 Å². The maximum Gasteiger partial charge on any atom is 0.274 e. The van der Waals surface area contributed by atoms with E-state index in [9.17, 15) is 9.59 Å². The number of piperidine rings is 1. The number of halogens is 2. The van der Waals surface area contributed by atoms with Crippen molar-refractivity contribution in [2.45, 2.75) is 19.3 Å². The lowest BCUT2D eigenvalue weighted by atomic mass is 10.1. The van der Waals surface area contributed by atoms with Crippen LogP contribution in [0.15, 0.2) is 36.5 Å². The number of nitrogens with one attached hydrogen (secondary N) is 1. The summed E-state index contributed by atoms with van der Waals surface area (Å²) in [7, 11) is 0. The zero-order valence-corrected chi connectivity index (χ0v) is 15.0. The number of likely N-dealkylation sites (tertiary alicyclic amines) is 1. The number of rotatable bonds is 3. The van der Waals surface area contributed by atoms with Gasteiger partial charge in [0.25, 0.3) is 11.8 Å². The number of benzene rings is 1. The van der Waals surface area contributed by atoms with Crippen LogP contribution in [0.5, 0.6) is 0 Å². The highest BCUT2D eigenvalue weighted by Crippen LogP contribution is 2.30. The van der Waals surface area contributed by atoms with Gasteiger partial charge in [-0.1, -0.05) is 29.3 Å². The maximum absolute atomic E-state index is 12.6. The van der Waals surface area contributed by atoms with Crippen LogP contribution in [0.2, 0.25) is 10.0 Å². The molecule has 1 aliphatic heterocycles. The summed E-state index contributed by atoms with van der Waals surface area (Å²) < 4.78 is 0. The van der Waals surface area contributed by atoms with E-state index in [1.807, 2.05) is 4.90 Å². The van der Waals surface area contributed by atoms with Crippen LogP contribution < -0.4 is 5.32 Å². The molecule has 3 rings (SSSR count). The highest BCUT2D eigenvalue weighted by atomic mass is 35.5. The molecule has 0 aliphatic carbocycles. The van der Waals surface area contributed by atoms with E-state index in [-0.39, 0.29) is 11.6 Å². The molecular weight excluding hydrogens is 361 g/mol. The number of hydrogen-bond acceptors (Lipinski definition) is 3. The molecule has 0 bridgehead atoms. The smallest absolute Gasteiger partial charge is 0.274 e. The standard InChI is InChI=1S/C18H17Cl2N3O2/c19-13-5-4-6-14(20)16(13)22-17(24)15-11-12(7-8-21-15)18(25)23-9-2-1-3-10-23/h4-8,11H,1-3,9-10H2,(H,22,24). The SMILES string of the molecule is O=C(Nc1c(Cl)cccc1Cl)c1cc(C(=O)N2CCCCC2)ccn1. The second-order valence-electron chi connectivity index (χ2n) is 5.83. The van der Waals surface area contributed by atoms with Crippen LogP contribution in [-0.4, -0.2) is 34.8 Å². The molecule has 1 aromatic carbocycles. The van der Waals surface area contributed by atoms with E-state index in [4.69, 9.17) is 23.2 Å². The minimum atomic E-state index is -0.469. The van der Waals surface area contributed by atoms with Crippen LogP contribution in [-0.2, 0) is 0 Å². The van der Waals surface area contributed by atoms with Gasteiger partial charge in [-0.3, -0.25) is 14.6 Å². The van der Waals surface area contributed by atoms with Crippen molar-refractivity contribution < 1.29 is 9.59 Å². The first-order chi connectivity index (χ1) is 12.1. The van der Waals surface area contributed by atoms with E-state index in [2.05, 4.69) is 10.3 Å². The van der Waals surface area contributed by atoms with E-state index >= 15 is 0 Å². The fourth-order valence-electron chi connectivity index (χ4n) is 2.76. The molecule has 2 aromatic rings. The molecule has 1 saturated heterocycles. The average molecular weight is 378 g/mol. The van der Waals surface area contributed by atoms with Crippen molar-refractivity contribution in [2.24, 2.45) is 0 Å². The number of nitrogens with zero attached hydrogens (tertiary/aromatic N) is 2. The van der Waals surface area contributed by atoms with Crippen LogP contribution in [0.1, 0.15) is 40.1 Å². The van der Waals surface area contributed by atoms with Gasteiger partial charge in [0.05, 0.1) is 15.7 Å². The van der Waals surface area contributed by atoms with Crippen molar-refractivity contribution in [3.05, 3.63) is 57.8 Å². The van der Waals surface area contributed by atoms with Crippen LogP contribution in [0.4, 0.5) is 5.69 Å². The lowest BCUT2D eigenvalue weighted by molar-refractivity contribution is 0.0724. The fourth-order valence-corrected chi connectivity index (χ4v) is 3.25. The van der Waals surface area contributed by atoms with Gasteiger partial charge >= 0.3 is 0 Å². The molecule has 0 spiro atoms. The van der Waals surface area contributed by atoms with Gasteiger partial charge in [-0.2, -0.15) is 0 Å². The molecule has 0 unspecified atom stereocenters. The number of hydrogen-bond donors (Lipinski definition) is 1. The first-order valence-corrected chi connectivity index (χ1v) is 8.82. The average Bonchev–Trinajstić information content (AvgIpc) is 2.65. The van der Waals surface area contributed by atoms with E-state index in [0.717, 1.165) is 32.4 Å². The van der Waals surface area contributed by atoms with Crippen LogP contribution in [0.25, 0.3) is 0 Å². The third-order valence-electron chi connectivity index (χ3n) is 4.08. The largest absolute Gasteiger partial charge is 0.339 e. The molecule has 2 amide bonds. The maximum atomic E-state index is 12.6. The van der Waals surface area contributed by atoms with Crippen molar-refractivity contribution in [1.82, 2.24) is 9.88 Å². The second kappa shape index (κ2) is 7.85.